The van der Waals surface area contributed by atoms with Crippen LogP contribution in [0, 0.1) is 24.2 Å². The highest BCUT2D eigenvalue weighted by molar-refractivity contribution is 9.10. The minimum Gasteiger partial charge on any atom is -0.323 e. The topological polar surface area (TPSA) is 77.6 Å². The molecule has 2 heterocycles. The van der Waals surface area contributed by atoms with Crippen LogP contribution in [0.4, 0.5) is 5.69 Å². The molecule has 4 saturated carbocycles. The van der Waals surface area contributed by atoms with Crippen molar-refractivity contribution in [3.05, 3.63) is 23.0 Å². The van der Waals surface area contributed by atoms with Crippen molar-refractivity contribution in [2.75, 3.05) is 5.32 Å². The van der Waals surface area contributed by atoms with E-state index in [2.05, 4.69) is 36.4 Å². The molecule has 7 nitrogen and oxygen atoms in total. The summed E-state index contributed by atoms with van der Waals surface area (Å²) in [5, 5.41) is 12.0. The van der Waals surface area contributed by atoms with Crippen molar-refractivity contribution < 1.29 is 4.79 Å². The Labute approximate surface area is 160 Å². The highest BCUT2D eigenvalue weighted by Crippen LogP contribution is 2.64. The number of hydrogen-bond acceptors (Lipinski definition) is 4. The van der Waals surface area contributed by atoms with E-state index in [0.29, 0.717) is 16.6 Å². The summed E-state index contributed by atoms with van der Waals surface area (Å²) in [5.74, 6) is 1.35. The Kier molecular flexibility index (Phi) is 3.42. The van der Waals surface area contributed by atoms with Crippen molar-refractivity contribution >= 4 is 27.5 Å². The molecule has 4 aliphatic rings. The molecule has 2 unspecified atom stereocenters. The van der Waals surface area contributed by atoms with Gasteiger partial charge >= 0.3 is 0 Å². The second kappa shape index (κ2) is 5.41. The van der Waals surface area contributed by atoms with Gasteiger partial charge in [-0.25, -0.2) is 9.67 Å². The molecule has 4 bridgehead atoms. The van der Waals surface area contributed by atoms with Gasteiger partial charge in [0.2, 0.25) is 10.6 Å². The maximum absolute atomic E-state index is 13.4. The van der Waals surface area contributed by atoms with Gasteiger partial charge in [0.1, 0.15) is 6.33 Å². The van der Waals surface area contributed by atoms with E-state index in [1.807, 2.05) is 25.0 Å². The Morgan fingerprint density at radius 3 is 2.62 bits per heavy atom. The first kappa shape index (κ1) is 16.5. The third kappa shape index (κ3) is 2.30. The molecular weight excluding hydrogens is 396 g/mol. The number of carbonyl (C=O) groups excluding carboxylic acids is 1. The van der Waals surface area contributed by atoms with Crippen LogP contribution in [0.25, 0.3) is 0 Å². The maximum atomic E-state index is 13.4. The minimum absolute atomic E-state index is 0.0651. The van der Waals surface area contributed by atoms with E-state index < -0.39 is 0 Å². The van der Waals surface area contributed by atoms with Gasteiger partial charge < -0.3 is 5.32 Å². The highest BCUT2D eigenvalue weighted by atomic mass is 79.9. The lowest BCUT2D eigenvalue weighted by molar-refractivity contribution is -0.150. The number of nitrogens with zero attached hydrogens (tertiary/aromatic N) is 5. The second-order valence-corrected chi connectivity index (χ2v) is 9.35. The minimum atomic E-state index is -0.301. The van der Waals surface area contributed by atoms with Gasteiger partial charge in [0.05, 0.1) is 28.5 Å². The predicted molar refractivity (Wildman–Crippen MR) is 99.4 cm³/mol. The van der Waals surface area contributed by atoms with E-state index in [9.17, 15) is 4.79 Å². The summed E-state index contributed by atoms with van der Waals surface area (Å²) in [7, 11) is 1.90. The van der Waals surface area contributed by atoms with Gasteiger partial charge in [-0.2, -0.15) is 5.10 Å². The van der Waals surface area contributed by atoms with E-state index in [4.69, 9.17) is 0 Å². The molecule has 6 rings (SSSR count). The zero-order valence-corrected chi connectivity index (χ0v) is 16.7. The van der Waals surface area contributed by atoms with Crippen molar-refractivity contribution in [3.8, 4) is 0 Å². The fraction of sp³-hybridized carbons (Fsp3) is 0.667. The summed E-state index contributed by atoms with van der Waals surface area (Å²) < 4.78 is 4.45. The van der Waals surface area contributed by atoms with E-state index >= 15 is 0 Å². The SMILES string of the molecule is Cc1c(NC(=O)C23CC4CC(C2)CC(n2cnc(Br)n2)(C4)C3)cnn1C. The number of amides is 1. The number of hydrogen-bond donors (Lipinski definition) is 1. The van der Waals surface area contributed by atoms with Crippen molar-refractivity contribution in [3.63, 3.8) is 0 Å². The fourth-order valence-corrected chi connectivity index (χ4v) is 6.36. The van der Waals surface area contributed by atoms with Crippen LogP contribution in [0.15, 0.2) is 17.3 Å². The molecule has 1 amide bonds. The van der Waals surface area contributed by atoms with E-state index in [1.165, 1.54) is 6.42 Å². The molecule has 1 N–H and O–H groups in total. The van der Waals surface area contributed by atoms with Gasteiger partial charge in [-0.05, 0) is 73.2 Å². The molecule has 0 spiro atoms. The molecule has 0 saturated heterocycles. The molecule has 8 heteroatoms. The number of nitrogens with one attached hydrogen (secondary N) is 1. The number of rotatable bonds is 3. The molecule has 0 radical (unpaired) electrons. The molecule has 4 aliphatic carbocycles. The molecule has 0 aromatic carbocycles. The quantitative estimate of drug-likeness (QED) is 0.830. The Balaban J connectivity index is 1.48. The van der Waals surface area contributed by atoms with Crippen LogP contribution < -0.4 is 5.32 Å². The maximum Gasteiger partial charge on any atom is 0.230 e. The lowest BCUT2D eigenvalue weighted by atomic mass is 9.46. The van der Waals surface area contributed by atoms with Crippen molar-refractivity contribution in [2.24, 2.45) is 24.3 Å². The normalized spacial score (nSPS) is 35.0. The molecule has 0 aliphatic heterocycles. The first-order valence-electron chi connectivity index (χ1n) is 9.27. The lowest BCUT2D eigenvalue weighted by Gasteiger charge is -2.60. The van der Waals surface area contributed by atoms with E-state index in [1.54, 1.807) is 10.9 Å². The number of aryl methyl sites for hydroxylation is 1. The third-order valence-corrected chi connectivity index (χ3v) is 7.31. The van der Waals surface area contributed by atoms with Gasteiger partial charge in [0.15, 0.2) is 0 Å². The molecule has 26 heavy (non-hydrogen) atoms. The monoisotopic (exact) mass is 418 g/mol. The summed E-state index contributed by atoms with van der Waals surface area (Å²) in [5.41, 5.74) is 1.44. The van der Waals surface area contributed by atoms with Gasteiger partial charge in [0, 0.05) is 7.05 Å². The second-order valence-electron chi connectivity index (χ2n) is 8.65. The van der Waals surface area contributed by atoms with Crippen LogP contribution in [-0.2, 0) is 17.4 Å². The lowest BCUT2D eigenvalue weighted by Crippen LogP contribution is -2.60. The Morgan fingerprint density at radius 2 is 2.04 bits per heavy atom. The number of carbonyl (C=O) groups is 1. The summed E-state index contributed by atoms with van der Waals surface area (Å²) in [4.78, 5) is 17.7. The Bertz CT molecular complexity index is 872. The van der Waals surface area contributed by atoms with Crippen LogP contribution in [0.1, 0.15) is 44.2 Å². The van der Waals surface area contributed by atoms with E-state index in [-0.39, 0.29) is 16.9 Å². The molecule has 2 aromatic heterocycles. The summed E-state index contributed by atoms with van der Waals surface area (Å²) in [6, 6.07) is 0. The molecule has 2 aromatic rings. The van der Waals surface area contributed by atoms with Crippen molar-refractivity contribution in [2.45, 2.75) is 51.0 Å². The van der Waals surface area contributed by atoms with Gasteiger partial charge in [-0.3, -0.25) is 9.48 Å². The Morgan fingerprint density at radius 1 is 1.31 bits per heavy atom. The van der Waals surface area contributed by atoms with Crippen molar-refractivity contribution in [1.29, 1.82) is 0 Å². The summed E-state index contributed by atoms with van der Waals surface area (Å²) in [6.45, 7) is 1.98. The first-order chi connectivity index (χ1) is 12.4. The standard InChI is InChI=1S/C18H23BrN6O/c1-11-14(8-21-24(11)2)22-15(26)17-4-12-3-13(5-17)7-18(6-12,9-17)25-10-20-16(19)23-25/h8,10,12-13H,3-7,9H2,1-2H3,(H,22,26). The average Bonchev–Trinajstić information content (AvgIpc) is 3.15. The van der Waals surface area contributed by atoms with Crippen molar-refractivity contribution in [1.82, 2.24) is 24.5 Å². The van der Waals surface area contributed by atoms with E-state index in [0.717, 1.165) is 43.5 Å². The predicted octanol–water partition coefficient (Wildman–Crippen LogP) is 3.02. The van der Waals surface area contributed by atoms with Crippen LogP contribution in [-0.4, -0.2) is 30.5 Å². The largest absolute Gasteiger partial charge is 0.323 e. The van der Waals surface area contributed by atoms with Crippen LogP contribution in [0.5, 0.6) is 0 Å². The van der Waals surface area contributed by atoms with Gasteiger partial charge in [-0.1, -0.05) is 0 Å². The average molecular weight is 419 g/mol. The van der Waals surface area contributed by atoms with Crippen LogP contribution in [0.3, 0.4) is 0 Å². The van der Waals surface area contributed by atoms with Crippen LogP contribution >= 0.6 is 15.9 Å². The zero-order chi connectivity index (χ0) is 18.1. The fourth-order valence-electron chi connectivity index (χ4n) is 6.10. The zero-order valence-electron chi connectivity index (χ0n) is 15.1. The first-order valence-corrected chi connectivity index (χ1v) is 10.1. The van der Waals surface area contributed by atoms with Crippen LogP contribution in [0.2, 0.25) is 0 Å². The molecule has 138 valence electrons. The number of anilines is 1. The highest BCUT2D eigenvalue weighted by Gasteiger charge is 2.61. The third-order valence-electron chi connectivity index (χ3n) is 6.95. The summed E-state index contributed by atoms with van der Waals surface area (Å²) in [6.07, 6.45) is 9.89. The Hall–Kier alpha value is -1.70. The molecule has 4 fully saturated rings. The van der Waals surface area contributed by atoms with Gasteiger partial charge in [0.25, 0.3) is 0 Å². The molecule has 2 atom stereocenters. The van der Waals surface area contributed by atoms with Gasteiger partial charge in [-0.15, -0.1) is 5.10 Å². The number of halogens is 1. The number of aromatic nitrogens is 5. The smallest absolute Gasteiger partial charge is 0.230 e. The summed E-state index contributed by atoms with van der Waals surface area (Å²) >= 11 is 3.38. The molecular formula is C18H23BrN6O.